The number of aliphatic hydroxyl groups excluding tert-OH is 1. The fourth-order valence-corrected chi connectivity index (χ4v) is 3.24. The first-order valence-electron chi connectivity index (χ1n) is 6.19. The molecule has 0 aromatic heterocycles. The molecule has 7 heteroatoms. The number of hydrogen-bond donors (Lipinski definition) is 2. The van der Waals surface area contributed by atoms with Crippen LogP contribution in [-0.4, -0.2) is 61.6 Å². The van der Waals surface area contributed by atoms with Gasteiger partial charge in [-0.3, -0.25) is 4.79 Å². The summed E-state index contributed by atoms with van der Waals surface area (Å²) in [5, 5.41) is 9.69. The molecule has 1 aliphatic heterocycles. The molecular weight excluding hydrogens is 256 g/mol. The number of nitrogens with zero attached hydrogens (tertiary/aromatic N) is 1. The molecule has 0 saturated carbocycles. The lowest BCUT2D eigenvalue weighted by atomic mass is 9.98. The average Bonchev–Trinajstić information content (AvgIpc) is 2.26. The van der Waals surface area contributed by atoms with E-state index in [-0.39, 0.29) is 23.8 Å². The monoisotopic (exact) mass is 278 g/mol. The lowest BCUT2D eigenvalue weighted by Gasteiger charge is -2.28. The second-order valence-corrected chi connectivity index (χ2v) is 7.30. The zero-order valence-corrected chi connectivity index (χ0v) is 11.5. The summed E-state index contributed by atoms with van der Waals surface area (Å²) < 4.78 is 22.5. The van der Waals surface area contributed by atoms with E-state index in [2.05, 4.69) is 4.90 Å². The van der Waals surface area contributed by atoms with Crippen LogP contribution < -0.4 is 5.73 Å². The molecule has 0 unspecified atom stereocenters. The van der Waals surface area contributed by atoms with Crippen molar-refractivity contribution in [3.63, 3.8) is 0 Å². The molecule has 0 spiro atoms. The minimum Gasteiger partial charge on any atom is -0.392 e. The molecule has 3 N–H and O–H groups in total. The van der Waals surface area contributed by atoms with Crippen molar-refractivity contribution in [3.05, 3.63) is 0 Å². The Bertz CT molecular complexity index is 369. The standard InChI is InChI=1S/C11H22N2O4S/c1-9(10(14)8-11(12)15)2-3-13-4-6-18(16,17)7-5-13/h9-10,14H,2-8H2,1H3,(H2,12,15)/t9-,10+/m1/s1. The van der Waals surface area contributed by atoms with E-state index in [0.29, 0.717) is 13.1 Å². The molecule has 0 aliphatic carbocycles. The lowest BCUT2D eigenvalue weighted by Crippen LogP contribution is -2.41. The van der Waals surface area contributed by atoms with Crippen molar-refractivity contribution in [2.75, 3.05) is 31.1 Å². The van der Waals surface area contributed by atoms with Crippen LogP contribution in [0.2, 0.25) is 0 Å². The smallest absolute Gasteiger partial charge is 0.220 e. The Kier molecular flexibility index (Phi) is 5.55. The van der Waals surface area contributed by atoms with Crippen molar-refractivity contribution in [1.82, 2.24) is 4.90 Å². The number of rotatable bonds is 6. The Morgan fingerprint density at radius 3 is 2.44 bits per heavy atom. The zero-order chi connectivity index (χ0) is 13.8. The Morgan fingerprint density at radius 1 is 1.39 bits per heavy atom. The minimum atomic E-state index is -2.84. The lowest BCUT2D eigenvalue weighted by molar-refractivity contribution is -0.120. The second-order valence-electron chi connectivity index (χ2n) is 5.00. The number of carbonyl (C=O) groups excluding carboxylic acids is 1. The van der Waals surface area contributed by atoms with Crippen molar-refractivity contribution in [2.45, 2.75) is 25.9 Å². The van der Waals surface area contributed by atoms with Crippen LogP contribution in [0.3, 0.4) is 0 Å². The molecule has 6 nitrogen and oxygen atoms in total. The van der Waals surface area contributed by atoms with Crippen molar-refractivity contribution in [1.29, 1.82) is 0 Å². The van der Waals surface area contributed by atoms with Gasteiger partial charge in [0.25, 0.3) is 0 Å². The number of amides is 1. The molecule has 1 fully saturated rings. The number of aliphatic hydroxyl groups is 1. The summed E-state index contributed by atoms with van der Waals surface area (Å²) >= 11 is 0. The van der Waals surface area contributed by atoms with E-state index in [4.69, 9.17) is 5.73 Å². The van der Waals surface area contributed by atoms with Gasteiger partial charge in [0.2, 0.25) is 5.91 Å². The van der Waals surface area contributed by atoms with Gasteiger partial charge < -0.3 is 15.7 Å². The molecule has 1 aliphatic rings. The highest BCUT2D eigenvalue weighted by Gasteiger charge is 2.23. The third kappa shape index (κ3) is 5.32. The van der Waals surface area contributed by atoms with Crippen molar-refractivity contribution >= 4 is 15.7 Å². The zero-order valence-electron chi connectivity index (χ0n) is 10.7. The summed E-state index contributed by atoms with van der Waals surface area (Å²) in [4.78, 5) is 12.8. The summed E-state index contributed by atoms with van der Waals surface area (Å²) in [6, 6.07) is 0. The Balaban J connectivity index is 2.27. The Labute approximate surface area is 108 Å². The summed E-state index contributed by atoms with van der Waals surface area (Å²) in [7, 11) is -2.84. The summed E-state index contributed by atoms with van der Waals surface area (Å²) in [6.07, 6.45) is 0.000326. The molecule has 1 amide bonds. The molecule has 0 aromatic rings. The average molecular weight is 278 g/mol. The molecular formula is C11H22N2O4S. The maximum atomic E-state index is 11.2. The van der Waals surface area contributed by atoms with Gasteiger partial charge in [-0.2, -0.15) is 0 Å². The van der Waals surface area contributed by atoms with Crippen LogP contribution in [0.4, 0.5) is 0 Å². The van der Waals surface area contributed by atoms with Crippen molar-refractivity contribution < 1.29 is 18.3 Å². The van der Waals surface area contributed by atoms with Crippen LogP contribution in [0, 0.1) is 5.92 Å². The highest BCUT2D eigenvalue weighted by molar-refractivity contribution is 7.91. The molecule has 0 aromatic carbocycles. The van der Waals surface area contributed by atoms with E-state index in [0.717, 1.165) is 13.0 Å². The third-order valence-corrected chi connectivity index (χ3v) is 5.01. The highest BCUT2D eigenvalue weighted by atomic mass is 32.2. The van der Waals surface area contributed by atoms with Crippen molar-refractivity contribution in [3.8, 4) is 0 Å². The van der Waals surface area contributed by atoms with Gasteiger partial charge in [-0.1, -0.05) is 6.92 Å². The molecule has 1 heterocycles. The number of carbonyl (C=O) groups is 1. The first-order chi connectivity index (χ1) is 8.30. The second kappa shape index (κ2) is 6.49. The Morgan fingerprint density at radius 2 is 1.94 bits per heavy atom. The van der Waals surface area contributed by atoms with Crippen LogP contribution in [-0.2, 0) is 14.6 Å². The van der Waals surface area contributed by atoms with Crippen LogP contribution >= 0.6 is 0 Å². The SMILES string of the molecule is C[C@H](CCN1CCS(=O)(=O)CC1)[C@@H](O)CC(N)=O. The van der Waals surface area contributed by atoms with Gasteiger partial charge in [0.05, 0.1) is 24.0 Å². The summed E-state index contributed by atoms with van der Waals surface area (Å²) in [6.45, 7) is 3.72. The predicted molar refractivity (Wildman–Crippen MR) is 68.7 cm³/mol. The third-order valence-electron chi connectivity index (χ3n) is 3.40. The molecule has 0 radical (unpaired) electrons. The maximum absolute atomic E-state index is 11.2. The molecule has 0 bridgehead atoms. The van der Waals surface area contributed by atoms with E-state index in [1.165, 1.54) is 0 Å². The minimum absolute atomic E-state index is 0.0176. The predicted octanol–water partition coefficient (Wildman–Crippen LogP) is -1.02. The molecule has 1 saturated heterocycles. The largest absolute Gasteiger partial charge is 0.392 e. The topological polar surface area (TPSA) is 101 Å². The first kappa shape index (κ1) is 15.4. The number of primary amides is 1. The summed E-state index contributed by atoms with van der Waals surface area (Å²) in [5.41, 5.74) is 5.02. The van der Waals surface area contributed by atoms with Gasteiger partial charge in [0.15, 0.2) is 9.84 Å². The number of nitrogens with two attached hydrogens (primary N) is 1. The normalized spacial score (nSPS) is 23.4. The van der Waals surface area contributed by atoms with Gasteiger partial charge in [-0.25, -0.2) is 8.42 Å². The number of sulfone groups is 1. The van der Waals surface area contributed by atoms with E-state index in [1.54, 1.807) is 0 Å². The van der Waals surface area contributed by atoms with Crippen molar-refractivity contribution in [2.24, 2.45) is 11.7 Å². The van der Waals surface area contributed by atoms with Crippen LogP contribution in [0.15, 0.2) is 0 Å². The van der Waals surface area contributed by atoms with Crippen LogP contribution in [0.1, 0.15) is 19.8 Å². The van der Waals surface area contributed by atoms with E-state index < -0.39 is 21.8 Å². The quantitative estimate of drug-likeness (QED) is 0.647. The fraction of sp³-hybridized carbons (Fsp3) is 0.909. The van der Waals surface area contributed by atoms with Gasteiger partial charge in [0.1, 0.15) is 0 Å². The summed E-state index contributed by atoms with van der Waals surface area (Å²) in [5.74, 6) is -0.0920. The van der Waals surface area contributed by atoms with Crippen LogP contribution in [0.25, 0.3) is 0 Å². The fourth-order valence-electron chi connectivity index (χ4n) is 1.96. The number of hydrogen-bond acceptors (Lipinski definition) is 5. The van der Waals surface area contributed by atoms with Gasteiger partial charge in [0, 0.05) is 13.1 Å². The van der Waals surface area contributed by atoms with Crippen LogP contribution in [0.5, 0.6) is 0 Å². The van der Waals surface area contributed by atoms with E-state index >= 15 is 0 Å². The molecule has 2 atom stereocenters. The van der Waals surface area contributed by atoms with E-state index in [1.807, 2.05) is 6.92 Å². The molecule has 18 heavy (non-hydrogen) atoms. The first-order valence-corrected chi connectivity index (χ1v) is 8.01. The molecule has 106 valence electrons. The maximum Gasteiger partial charge on any atom is 0.220 e. The van der Waals surface area contributed by atoms with Gasteiger partial charge >= 0.3 is 0 Å². The highest BCUT2D eigenvalue weighted by Crippen LogP contribution is 2.13. The molecule has 1 rings (SSSR count). The Hall–Kier alpha value is -0.660. The van der Waals surface area contributed by atoms with Gasteiger partial charge in [-0.05, 0) is 18.9 Å². The van der Waals surface area contributed by atoms with Gasteiger partial charge in [-0.15, -0.1) is 0 Å². The van der Waals surface area contributed by atoms with E-state index in [9.17, 15) is 18.3 Å².